The van der Waals surface area contributed by atoms with Crippen LogP contribution in [0.3, 0.4) is 0 Å². The summed E-state index contributed by atoms with van der Waals surface area (Å²) in [6.45, 7) is 0.434. The highest BCUT2D eigenvalue weighted by Gasteiger charge is 2.55. The normalized spacial score (nSPS) is 21.8. The zero-order chi connectivity index (χ0) is 27.3. The first-order chi connectivity index (χ1) is 18.7. The Bertz CT molecular complexity index is 1580. The number of hydrogen-bond acceptors (Lipinski definition) is 3. The number of halogens is 2. The molecule has 200 valence electrons. The molecule has 3 aromatic carbocycles. The van der Waals surface area contributed by atoms with Crippen molar-refractivity contribution in [2.75, 3.05) is 7.11 Å². The highest BCUT2D eigenvalue weighted by molar-refractivity contribution is 6.06. The Labute approximate surface area is 224 Å². The van der Waals surface area contributed by atoms with E-state index in [4.69, 9.17) is 9.84 Å². The number of amides is 1. The molecule has 2 aliphatic rings. The van der Waals surface area contributed by atoms with Crippen molar-refractivity contribution in [3.05, 3.63) is 89.6 Å². The second kappa shape index (κ2) is 9.52. The van der Waals surface area contributed by atoms with Crippen LogP contribution < -0.4 is 10.1 Å². The topological polar surface area (TPSA) is 80.6 Å². The number of benzene rings is 3. The number of carbonyl (C=O) groups excluding carboxylic acids is 1. The third kappa shape index (κ3) is 4.54. The SMILES string of the molecule is COc1cc(-c2ccc(Cn3ccc4c(F)ccc(C(=O)NC5CC6(C5)CC(C(=O)O)C6)c43)cc2)ccc1F. The maximum atomic E-state index is 14.7. The summed E-state index contributed by atoms with van der Waals surface area (Å²) in [6, 6.07) is 17.0. The van der Waals surface area contributed by atoms with Crippen molar-refractivity contribution in [2.45, 2.75) is 38.3 Å². The lowest BCUT2D eigenvalue weighted by atomic mass is 9.50. The second-order valence-corrected chi connectivity index (χ2v) is 10.9. The number of rotatable bonds is 7. The number of fused-ring (bicyclic) bond motifs is 1. The molecule has 1 heterocycles. The number of nitrogens with one attached hydrogen (secondary N) is 1. The van der Waals surface area contributed by atoms with Crippen LogP contribution in [0.25, 0.3) is 22.0 Å². The van der Waals surface area contributed by atoms with Gasteiger partial charge in [-0.3, -0.25) is 9.59 Å². The molecule has 2 fully saturated rings. The van der Waals surface area contributed by atoms with Crippen molar-refractivity contribution in [3.8, 4) is 16.9 Å². The summed E-state index contributed by atoms with van der Waals surface area (Å²) < 4.78 is 35.4. The zero-order valence-electron chi connectivity index (χ0n) is 21.4. The van der Waals surface area contributed by atoms with Gasteiger partial charge in [-0.2, -0.15) is 0 Å². The van der Waals surface area contributed by atoms with Gasteiger partial charge in [0, 0.05) is 24.2 Å². The Morgan fingerprint density at radius 1 is 0.974 bits per heavy atom. The van der Waals surface area contributed by atoms with Crippen molar-refractivity contribution in [3.63, 3.8) is 0 Å². The van der Waals surface area contributed by atoms with Crippen LogP contribution in [-0.4, -0.2) is 34.7 Å². The number of aromatic nitrogens is 1. The molecule has 2 saturated carbocycles. The van der Waals surface area contributed by atoms with Crippen molar-refractivity contribution >= 4 is 22.8 Å². The lowest BCUT2D eigenvalue weighted by Gasteiger charge is -2.56. The lowest BCUT2D eigenvalue weighted by molar-refractivity contribution is -0.155. The number of carboxylic acids is 1. The predicted octanol–water partition coefficient (Wildman–Crippen LogP) is 6.02. The largest absolute Gasteiger partial charge is 0.494 e. The molecule has 1 spiro atoms. The maximum absolute atomic E-state index is 14.7. The van der Waals surface area contributed by atoms with Crippen molar-refractivity contribution in [1.29, 1.82) is 0 Å². The summed E-state index contributed by atoms with van der Waals surface area (Å²) in [4.78, 5) is 24.4. The first-order valence-corrected chi connectivity index (χ1v) is 13.0. The minimum atomic E-state index is -0.743. The maximum Gasteiger partial charge on any atom is 0.306 e. The molecule has 8 heteroatoms. The first-order valence-electron chi connectivity index (χ1n) is 13.0. The van der Waals surface area contributed by atoms with Gasteiger partial charge in [0.15, 0.2) is 11.6 Å². The molecule has 1 aromatic heterocycles. The van der Waals surface area contributed by atoms with Gasteiger partial charge in [-0.25, -0.2) is 8.78 Å². The van der Waals surface area contributed by atoms with Gasteiger partial charge in [-0.05, 0) is 78.1 Å². The third-order valence-corrected chi connectivity index (χ3v) is 8.31. The molecule has 2 N–H and O–H groups in total. The van der Waals surface area contributed by atoms with E-state index in [0.717, 1.165) is 29.5 Å². The van der Waals surface area contributed by atoms with Crippen LogP contribution in [0.5, 0.6) is 5.75 Å². The first kappa shape index (κ1) is 25.1. The lowest BCUT2D eigenvalue weighted by Crippen LogP contribution is -2.57. The Hall–Kier alpha value is -4.20. The van der Waals surface area contributed by atoms with Crippen LogP contribution in [0, 0.1) is 23.0 Å². The van der Waals surface area contributed by atoms with Gasteiger partial charge in [0.05, 0.1) is 24.1 Å². The van der Waals surface area contributed by atoms with E-state index >= 15 is 0 Å². The van der Waals surface area contributed by atoms with E-state index in [0.29, 0.717) is 35.9 Å². The molecule has 0 radical (unpaired) electrons. The Morgan fingerprint density at radius 2 is 1.67 bits per heavy atom. The molecule has 0 aliphatic heterocycles. The summed E-state index contributed by atoms with van der Waals surface area (Å²) in [5, 5.41) is 12.6. The van der Waals surface area contributed by atoms with Crippen molar-refractivity contribution in [2.24, 2.45) is 11.3 Å². The molecular formula is C31H28F2N2O4. The van der Waals surface area contributed by atoms with Crippen LogP contribution in [-0.2, 0) is 11.3 Å². The number of carboxylic acid groups (broad SMARTS) is 1. The Morgan fingerprint density at radius 3 is 2.36 bits per heavy atom. The van der Waals surface area contributed by atoms with Crippen LogP contribution in [0.15, 0.2) is 66.9 Å². The zero-order valence-corrected chi connectivity index (χ0v) is 21.4. The number of carbonyl (C=O) groups is 2. The van der Waals surface area contributed by atoms with Gasteiger partial charge in [0.25, 0.3) is 5.91 Å². The second-order valence-electron chi connectivity index (χ2n) is 10.9. The van der Waals surface area contributed by atoms with E-state index in [2.05, 4.69) is 5.32 Å². The van der Waals surface area contributed by atoms with Crippen molar-refractivity contribution < 1.29 is 28.2 Å². The fourth-order valence-electron chi connectivity index (χ4n) is 6.29. The molecule has 4 aromatic rings. The quantitative estimate of drug-likeness (QED) is 0.306. The predicted molar refractivity (Wildman–Crippen MR) is 143 cm³/mol. The molecule has 2 aliphatic carbocycles. The highest BCUT2D eigenvalue weighted by atomic mass is 19.1. The van der Waals surface area contributed by atoms with E-state index in [9.17, 15) is 18.4 Å². The van der Waals surface area contributed by atoms with Gasteiger partial charge in [0.2, 0.25) is 0 Å². The van der Waals surface area contributed by atoms with E-state index in [-0.39, 0.29) is 29.0 Å². The fourth-order valence-corrected chi connectivity index (χ4v) is 6.29. The van der Waals surface area contributed by atoms with E-state index in [1.807, 2.05) is 28.8 Å². The van der Waals surface area contributed by atoms with Crippen molar-refractivity contribution in [1.82, 2.24) is 9.88 Å². The smallest absolute Gasteiger partial charge is 0.306 e. The van der Waals surface area contributed by atoms with E-state index in [1.165, 1.54) is 25.3 Å². The molecule has 6 rings (SSSR count). The summed E-state index contributed by atoms with van der Waals surface area (Å²) in [6.07, 6.45) is 4.68. The summed E-state index contributed by atoms with van der Waals surface area (Å²) in [5.41, 5.74) is 3.67. The summed E-state index contributed by atoms with van der Waals surface area (Å²) in [5.74, 6) is -1.90. The highest BCUT2D eigenvalue weighted by Crippen LogP contribution is 2.58. The van der Waals surface area contributed by atoms with Gasteiger partial charge < -0.3 is 19.7 Å². The summed E-state index contributed by atoms with van der Waals surface area (Å²) >= 11 is 0. The van der Waals surface area contributed by atoms with Gasteiger partial charge in [0.1, 0.15) is 5.82 Å². The minimum Gasteiger partial charge on any atom is -0.494 e. The summed E-state index contributed by atoms with van der Waals surface area (Å²) in [7, 11) is 1.43. The minimum absolute atomic E-state index is 0.00612. The van der Waals surface area contributed by atoms with Crippen LogP contribution >= 0.6 is 0 Å². The van der Waals surface area contributed by atoms with E-state index < -0.39 is 17.6 Å². The third-order valence-electron chi connectivity index (χ3n) is 8.31. The standard InChI is InChI=1S/C31H28F2N2O4/c1-39-27-12-20(6-8-26(27)33)19-4-2-18(3-5-19)17-35-11-10-23-25(32)9-7-24(28(23)35)29(36)34-22-15-31(16-22)13-21(14-31)30(37)38/h2-12,21-22H,13-17H2,1H3,(H,34,36)(H,37,38). The Kier molecular flexibility index (Phi) is 6.13. The average molecular weight is 531 g/mol. The molecule has 0 saturated heterocycles. The van der Waals surface area contributed by atoms with Crippen LogP contribution in [0.1, 0.15) is 41.6 Å². The number of methoxy groups -OCH3 is 1. The molecule has 0 atom stereocenters. The van der Waals surface area contributed by atoms with Crippen LogP contribution in [0.2, 0.25) is 0 Å². The van der Waals surface area contributed by atoms with Crippen LogP contribution in [0.4, 0.5) is 8.78 Å². The average Bonchev–Trinajstić information content (AvgIpc) is 3.29. The van der Waals surface area contributed by atoms with E-state index in [1.54, 1.807) is 24.4 Å². The number of aliphatic carboxylic acids is 1. The molecule has 39 heavy (non-hydrogen) atoms. The number of ether oxygens (including phenoxy) is 1. The Balaban J connectivity index is 1.19. The molecule has 1 amide bonds. The monoisotopic (exact) mass is 530 g/mol. The number of nitrogens with zero attached hydrogens (tertiary/aromatic N) is 1. The van der Waals surface area contributed by atoms with Gasteiger partial charge in [-0.1, -0.05) is 30.3 Å². The fraction of sp³-hybridized carbons (Fsp3) is 0.290. The molecule has 6 nitrogen and oxygen atoms in total. The molecule has 0 unspecified atom stereocenters. The molecular weight excluding hydrogens is 502 g/mol. The van der Waals surface area contributed by atoms with Gasteiger partial charge >= 0.3 is 5.97 Å². The molecule has 0 bridgehead atoms. The number of hydrogen-bond donors (Lipinski definition) is 2. The van der Waals surface area contributed by atoms with Gasteiger partial charge in [-0.15, -0.1) is 0 Å².